The maximum Gasteiger partial charge on any atom is 0.146 e. The van der Waals surface area contributed by atoms with Gasteiger partial charge in [-0.05, 0) is 24.0 Å². The number of hydrogen-bond donors (Lipinski definition) is 0. The summed E-state index contributed by atoms with van der Waals surface area (Å²) in [4.78, 5) is 2.58. The van der Waals surface area contributed by atoms with Gasteiger partial charge in [0, 0.05) is 19.1 Å². The first-order chi connectivity index (χ1) is 8.84. The van der Waals surface area contributed by atoms with Crippen LogP contribution < -0.4 is 0 Å². The third-order valence-corrected chi connectivity index (χ3v) is 4.36. The highest BCUT2D eigenvalue weighted by molar-refractivity contribution is 5.39. The quantitative estimate of drug-likeness (QED) is 0.807. The monoisotopic (exact) mass is 240 g/mol. The lowest BCUT2D eigenvalue weighted by molar-refractivity contribution is 0.206. The minimum Gasteiger partial charge on any atom is -0.320 e. The van der Waals surface area contributed by atoms with Gasteiger partial charge in [0.15, 0.2) is 0 Å². The van der Waals surface area contributed by atoms with Crippen LogP contribution in [0.25, 0.3) is 0 Å². The second-order valence-electron chi connectivity index (χ2n) is 5.27. The molecule has 4 rings (SSSR count). The van der Waals surface area contributed by atoms with Crippen molar-refractivity contribution in [1.29, 1.82) is 0 Å². The average molecular weight is 240 g/mol. The largest absolute Gasteiger partial charge is 0.320 e. The summed E-state index contributed by atoms with van der Waals surface area (Å²) in [5.74, 6) is 1.06. The fraction of sp³-hybridized carbons (Fsp3) is 0.429. The van der Waals surface area contributed by atoms with Crippen LogP contribution in [0.4, 0.5) is 0 Å². The van der Waals surface area contributed by atoms with E-state index in [1.807, 2.05) is 11.6 Å². The number of aromatic nitrogens is 3. The van der Waals surface area contributed by atoms with Crippen LogP contribution in [0.1, 0.15) is 41.9 Å². The van der Waals surface area contributed by atoms with Gasteiger partial charge in [0.05, 0.1) is 6.54 Å². The predicted molar refractivity (Wildman–Crippen MR) is 67.7 cm³/mol. The lowest BCUT2D eigenvalue weighted by Crippen LogP contribution is -2.21. The van der Waals surface area contributed by atoms with Crippen molar-refractivity contribution in [1.82, 2.24) is 19.7 Å². The van der Waals surface area contributed by atoms with Gasteiger partial charge in [0.25, 0.3) is 0 Å². The molecule has 2 aromatic rings. The van der Waals surface area contributed by atoms with Crippen LogP contribution >= 0.6 is 0 Å². The SMILES string of the molecule is Cn1cnnc1CN1C2CCC1c1ccccc12. The molecule has 1 aromatic heterocycles. The predicted octanol–water partition coefficient (Wildman–Crippen LogP) is 2.21. The highest BCUT2D eigenvalue weighted by Gasteiger charge is 2.43. The van der Waals surface area contributed by atoms with Crippen LogP contribution in [-0.4, -0.2) is 19.7 Å². The summed E-state index contributed by atoms with van der Waals surface area (Å²) in [5, 5.41) is 8.18. The van der Waals surface area contributed by atoms with Gasteiger partial charge in [-0.15, -0.1) is 10.2 Å². The van der Waals surface area contributed by atoms with Crippen molar-refractivity contribution < 1.29 is 0 Å². The fourth-order valence-corrected chi connectivity index (χ4v) is 3.48. The molecule has 0 radical (unpaired) electrons. The van der Waals surface area contributed by atoms with Crippen molar-refractivity contribution in [3.8, 4) is 0 Å². The van der Waals surface area contributed by atoms with Crippen molar-refractivity contribution in [2.75, 3.05) is 0 Å². The zero-order valence-corrected chi connectivity index (χ0v) is 10.5. The molecule has 18 heavy (non-hydrogen) atoms. The summed E-state index contributed by atoms with van der Waals surface area (Å²) in [7, 11) is 2.01. The minimum absolute atomic E-state index is 0.586. The van der Waals surface area contributed by atoms with E-state index in [4.69, 9.17) is 0 Å². The first-order valence-electron chi connectivity index (χ1n) is 6.52. The highest BCUT2D eigenvalue weighted by atomic mass is 15.3. The summed E-state index contributed by atoms with van der Waals surface area (Å²) in [5.41, 5.74) is 3.05. The molecule has 0 saturated carbocycles. The molecule has 0 spiro atoms. The van der Waals surface area contributed by atoms with Crippen molar-refractivity contribution >= 4 is 0 Å². The Bertz CT molecular complexity index is 558. The first-order valence-corrected chi connectivity index (χ1v) is 6.52. The van der Waals surface area contributed by atoms with Gasteiger partial charge >= 0.3 is 0 Å². The average Bonchev–Trinajstić information content (AvgIpc) is 3.06. The Hall–Kier alpha value is -1.68. The van der Waals surface area contributed by atoms with Crippen LogP contribution in [0.5, 0.6) is 0 Å². The molecular formula is C14H16N4. The molecule has 1 saturated heterocycles. The summed E-state index contributed by atoms with van der Waals surface area (Å²) in [6, 6.07) is 10.0. The maximum atomic E-state index is 4.21. The normalized spacial score (nSPS) is 25.6. The van der Waals surface area contributed by atoms with Crippen LogP contribution in [0.15, 0.2) is 30.6 Å². The summed E-state index contributed by atoms with van der Waals surface area (Å²) >= 11 is 0. The van der Waals surface area contributed by atoms with Crippen LogP contribution in [-0.2, 0) is 13.6 Å². The number of nitrogens with zero attached hydrogens (tertiary/aromatic N) is 4. The number of benzene rings is 1. The second kappa shape index (κ2) is 3.65. The third-order valence-electron chi connectivity index (χ3n) is 4.36. The Kier molecular flexibility index (Phi) is 2.08. The van der Waals surface area contributed by atoms with Gasteiger partial charge < -0.3 is 4.57 Å². The Labute approximate surface area is 106 Å². The van der Waals surface area contributed by atoms with E-state index < -0.39 is 0 Å². The maximum absolute atomic E-state index is 4.21. The zero-order chi connectivity index (χ0) is 12.1. The van der Waals surface area contributed by atoms with E-state index in [1.54, 1.807) is 6.33 Å². The van der Waals surface area contributed by atoms with Gasteiger partial charge in [0.2, 0.25) is 0 Å². The molecule has 2 atom stereocenters. The van der Waals surface area contributed by atoms with Gasteiger partial charge in [0.1, 0.15) is 12.2 Å². The topological polar surface area (TPSA) is 34.0 Å². The molecule has 2 aliphatic rings. The lowest BCUT2D eigenvalue weighted by atomic mass is 9.92. The Morgan fingerprint density at radius 3 is 2.39 bits per heavy atom. The molecule has 2 bridgehead atoms. The first kappa shape index (κ1) is 10.3. The minimum atomic E-state index is 0.586. The lowest BCUT2D eigenvalue weighted by Gasteiger charge is -2.21. The van der Waals surface area contributed by atoms with Gasteiger partial charge in [-0.25, -0.2) is 0 Å². The molecule has 4 heteroatoms. The van der Waals surface area contributed by atoms with Crippen molar-refractivity contribution in [2.24, 2.45) is 7.05 Å². The highest BCUT2D eigenvalue weighted by Crippen LogP contribution is 2.53. The van der Waals surface area contributed by atoms with E-state index in [-0.39, 0.29) is 0 Å². The fourth-order valence-electron chi connectivity index (χ4n) is 3.48. The van der Waals surface area contributed by atoms with Crippen LogP contribution in [0.2, 0.25) is 0 Å². The molecule has 3 heterocycles. The summed E-state index contributed by atoms with van der Waals surface area (Å²) < 4.78 is 2.02. The van der Waals surface area contributed by atoms with Crippen molar-refractivity contribution in [2.45, 2.75) is 31.5 Å². The summed E-state index contributed by atoms with van der Waals surface area (Å²) in [6.45, 7) is 0.903. The third kappa shape index (κ3) is 1.29. The molecule has 1 fully saturated rings. The molecule has 4 nitrogen and oxygen atoms in total. The van der Waals surface area contributed by atoms with Crippen LogP contribution in [0.3, 0.4) is 0 Å². The number of rotatable bonds is 2. The van der Waals surface area contributed by atoms with Gasteiger partial charge in [-0.2, -0.15) is 0 Å². The summed E-state index contributed by atoms with van der Waals surface area (Å²) in [6.07, 6.45) is 4.33. The Morgan fingerprint density at radius 1 is 1.17 bits per heavy atom. The number of fused-ring (bicyclic) bond motifs is 5. The van der Waals surface area contributed by atoms with Crippen molar-refractivity contribution in [3.63, 3.8) is 0 Å². The van der Waals surface area contributed by atoms with Crippen molar-refractivity contribution in [3.05, 3.63) is 47.5 Å². The van der Waals surface area contributed by atoms with E-state index in [1.165, 1.54) is 24.0 Å². The molecule has 0 aliphatic carbocycles. The molecular weight excluding hydrogens is 224 g/mol. The molecule has 2 unspecified atom stereocenters. The number of aryl methyl sites for hydroxylation is 1. The molecule has 0 N–H and O–H groups in total. The zero-order valence-electron chi connectivity index (χ0n) is 10.5. The number of hydrogen-bond acceptors (Lipinski definition) is 3. The van der Waals surface area contributed by atoms with E-state index in [9.17, 15) is 0 Å². The van der Waals surface area contributed by atoms with E-state index in [0.717, 1.165) is 12.4 Å². The smallest absolute Gasteiger partial charge is 0.146 e. The van der Waals surface area contributed by atoms with E-state index in [0.29, 0.717) is 12.1 Å². The van der Waals surface area contributed by atoms with Crippen LogP contribution in [0, 0.1) is 0 Å². The Morgan fingerprint density at radius 2 is 1.83 bits per heavy atom. The second-order valence-corrected chi connectivity index (χ2v) is 5.27. The molecule has 1 aromatic carbocycles. The van der Waals surface area contributed by atoms with E-state index in [2.05, 4.69) is 39.4 Å². The van der Waals surface area contributed by atoms with Gasteiger partial charge in [-0.1, -0.05) is 24.3 Å². The Balaban J connectivity index is 1.68. The molecule has 2 aliphatic heterocycles. The van der Waals surface area contributed by atoms with E-state index >= 15 is 0 Å². The van der Waals surface area contributed by atoms with Gasteiger partial charge in [-0.3, -0.25) is 4.90 Å². The standard InChI is InChI=1S/C14H16N4/c1-17-9-15-16-14(17)8-18-12-6-7-13(18)11-5-3-2-4-10(11)12/h2-5,9,12-13H,6-8H2,1H3. The molecule has 92 valence electrons. The molecule has 0 amide bonds.